The van der Waals surface area contributed by atoms with Gasteiger partial charge in [-0.3, -0.25) is 9.69 Å². The van der Waals surface area contributed by atoms with Crippen LogP contribution in [0.5, 0.6) is 0 Å². The normalized spacial score (nSPS) is 26.2. The molecular formula is C18H24F3N3O. The Morgan fingerprint density at radius 3 is 2.40 bits per heavy atom. The van der Waals surface area contributed by atoms with Crippen molar-refractivity contribution in [3.05, 3.63) is 35.9 Å². The van der Waals surface area contributed by atoms with E-state index in [9.17, 15) is 18.0 Å². The molecule has 7 heteroatoms. The van der Waals surface area contributed by atoms with Crippen molar-refractivity contribution in [2.75, 3.05) is 26.2 Å². The zero-order chi connectivity index (χ0) is 18.1. The number of piperidine rings is 1. The first-order valence-corrected chi connectivity index (χ1v) is 8.70. The number of nitrogens with two attached hydrogens (primary N) is 1. The average Bonchev–Trinajstić information content (AvgIpc) is 3.01. The van der Waals surface area contributed by atoms with Crippen molar-refractivity contribution in [3.8, 4) is 0 Å². The Kier molecular flexibility index (Phi) is 5.06. The summed E-state index contributed by atoms with van der Waals surface area (Å²) in [5.41, 5.74) is 4.48. The summed E-state index contributed by atoms with van der Waals surface area (Å²) in [7, 11) is 0. The van der Waals surface area contributed by atoms with Gasteiger partial charge in [-0.15, -0.1) is 0 Å². The maximum absolute atomic E-state index is 13.9. The van der Waals surface area contributed by atoms with Crippen LogP contribution in [0.25, 0.3) is 0 Å². The third kappa shape index (κ3) is 3.67. The van der Waals surface area contributed by atoms with Crippen molar-refractivity contribution in [3.63, 3.8) is 0 Å². The monoisotopic (exact) mass is 355 g/mol. The Balaban J connectivity index is 1.75. The van der Waals surface area contributed by atoms with Crippen LogP contribution in [-0.4, -0.2) is 54.1 Å². The summed E-state index contributed by atoms with van der Waals surface area (Å²) < 4.78 is 41.7. The van der Waals surface area contributed by atoms with E-state index in [2.05, 4.69) is 0 Å². The highest BCUT2D eigenvalue weighted by molar-refractivity contribution is 5.84. The zero-order valence-corrected chi connectivity index (χ0v) is 14.1. The molecule has 0 aromatic heterocycles. The van der Waals surface area contributed by atoms with E-state index in [0.29, 0.717) is 32.5 Å². The fraction of sp³-hybridized carbons (Fsp3) is 0.611. The van der Waals surface area contributed by atoms with Crippen molar-refractivity contribution >= 4 is 5.91 Å². The molecular weight excluding hydrogens is 331 g/mol. The summed E-state index contributed by atoms with van der Waals surface area (Å²) in [5, 5.41) is 0. The van der Waals surface area contributed by atoms with Gasteiger partial charge in [0.25, 0.3) is 0 Å². The van der Waals surface area contributed by atoms with Gasteiger partial charge in [0.15, 0.2) is 5.41 Å². The van der Waals surface area contributed by atoms with E-state index in [1.165, 1.54) is 4.90 Å². The highest BCUT2D eigenvalue weighted by Crippen LogP contribution is 2.47. The SMILES string of the molecule is NC1CCN(C(=O)C2(C(F)(F)F)CCN(Cc3ccccc3)C2)CC1. The largest absolute Gasteiger partial charge is 0.404 e. The van der Waals surface area contributed by atoms with Gasteiger partial charge >= 0.3 is 6.18 Å². The summed E-state index contributed by atoms with van der Waals surface area (Å²) in [6.07, 6.45) is -3.60. The molecule has 2 N–H and O–H groups in total. The standard InChI is InChI=1S/C18H24F3N3O/c19-18(20,21)17(16(25)24-9-6-15(22)7-10-24)8-11-23(13-17)12-14-4-2-1-3-5-14/h1-5,15H,6-13,22H2. The Morgan fingerprint density at radius 2 is 1.80 bits per heavy atom. The number of alkyl halides is 3. The Morgan fingerprint density at radius 1 is 1.16 bits per heavy atom. The molecule has 138 valence electrons. The van der Waals surface area contributed by atoms with Crippen molar-refractivity contribution < 1.29 is 18.0 Å². The molecule has 2 aliphatic heterocycles. The molecule has 1 aromatic carbocycles. The maximum Gasteiger partial charge on any atom is 0.404 e. The first kappa shape index (κ1) is 18.2. The smallest absolute Gasteiger partial charge is 0.342 e. The Hall–Kier alpha value is -1.60. The van der Waals surface area contributed by atoms with E-state index >= 15 is 0 Å². The topological polar surface area (TPSA) is 49.6 Å². The van der Waals surface area contributed by atoms with Crippen LogP contribution in [0, 0.1) is 5.41 Å². The third-order valence-corrected chi connectivity index (χ3v) is 5.38. The number of carbonyl (C=O) groups is 1. The predicted molar refractivity (Wildman–Crippen MR) is 88.6 cm³/mol. The Labute approximate surface area is 145 Å². The summed E-state index contributed by atoms with van der Waals surface area (Å²) in [5.74, 6) is -0.775. The van der Waals surface area contributed by atoms with Gasteiger partial charge in [-0.05, 0) is 31.4 Å². The number of halogens is 3. The van der Waals surface area contributed by atoms with Gasteiger partial charge in [0, 0.05) is 32.2 Å². The molecule has 1 amide bonds. The second kappa shape index (κ2) is 6.96. The highest BCUT2D eigenvalue weighted by Gasteiger charge is 2.64. The second-order valence-electron chi connectivity index (χ2n) is 7.16. The first-order valence-electron chi connectivity index (χ1n) is 8.70. The van der Waals surface area contributed by atoms with E-state index in [1.54, 1.807) is 4.90 Å². The van der Waals surface area contributed by atoms with Gasteiger partial charge in [0.1, 0.15) is 0 Å². The summed E-state index contributed by atoms with van der Waals surface area (Å²) in [4.78, 5) is 15.9. The van der Waals surface area contributed by atoms with Gasteiger partial charge in [0.05, 0.1) is 0 Å². The summed E-state index contributed by atoms with van der Waals surface area (Å²) in [6, 6.07) is 9.36. The molecule has 2 aliphatic rings. The number of rotatable bonds is 3. The minimum atomic E-state index is -4.55. The number of nitrogens with zero attached hydrogens (tertiary/aromatic N) is 2. The molecule has 0 radical (unpaired) electrons. The number of hydrogen-bond acceptors (Lipinski definition) is 3. The molecule has 0 spiro atoms. The van der Waals surface area contributed by atoms with Crippen LogP contribution in [0.4, 0.5) is 13.2 Å². The molecule has 2 fully saturated rings. The molecule has 0 saturated carbocycles. The summed E-state index contributed by atoms with van der Waals surface area (Å²) >= 11 is 0. The molecule has 3 rings (SSSR count). The van der Waals surface area contributed by atoms with Crippen LogP contribution in [0.15, 0.2) is 30.3 Å². The van der Waals surface area contributed by atoms with Crippen molar-refractivity contribution in [2.24, 2.45) is 11.1 Å². The second-order valence-corrected chi connectivity index (χ2v) is 7.16. The number of benzene rings is 1. The molecule has 2 saturated heterocycles. The molecule has 25 heavy (non-hydrogen) atoms. The van der Waals surface area contributed by atoms with Crippen LogP contribution >= 0.6 is 0 Å². The zero-order valence-electron chi connectivity index (χ0n) is 14.1. The van der Waals surface area contributed by atoms with Crippen LogP contribution in [0.2, 0.25) is 0 Å². The number of carbonyl (C=O) groups excluding carboxylic acids is 1. The van der Waals surface area contributed by atoms with Gasteiger partial charge in [0.2, 0.25) is 5.91 Å². The third-order valence-electron chi connectivity index (χ3n) is 5.38. The van der Waals surface area contributed by atoms with E-state index in [1.807, 2.05) is 30.3 Å². The fourth-order valence-corrected chi connectivity index (χ4v) is 3.80. The van der Waals surface area contributed by atoms with E-state index in [0.717, 1.165) is 5.56 Å². The number of amides is 1. The lowest BCUT2D eigenvalue weighted by molar-refractivity contribution is -0.224. The molecule has 1 atom stereocenters. The number of likely N-dealkylation sites (tertiary alicyclic amines) is 2. The van der Waals surface area contributed by atoms with Crippen molar-refractivity contribution in [1.29, 1.82) is 0 Å². The number of hydrogen-bond donors (Lipinski definition) is 1. The van der Waals surface area contributed by atoms with Gasteiger partial charge in [-0.25, -0.2) is 0 Å². The van der Waals surface area contributed by atoms with E-state index < -0.39 is 17.5 Å². The van der Waals surface area contributed by atoms with E-state index in [-0.39, 0.29) is 25.6 Å². The molecule has 4 nitrogen and oxygen atoms in total. The maximum atomic E-state index is 13.9. The van der Waals surface area contributed by atoms with Crippen LogP contribution in [0.1, 0.15) is 24.8 Å². The van der Waals surface area contributed by atoms with Gasteiger partial charge in [-0.1, -0.05) is 30.3 Å². The molecule has 0 aliphatic carbocycles. The van der Waals surface area contributed by atoms with Crippen molar-refractivity contribution in [1.82, 2.24) is 9.80 Å². The van der Waals surface area contributed by atoms with Crippen LogP contribution < -0.4 is 5.73 Å². The van der Waals surface area contributed by atoms with Crippen LogP contribution in [-0.2, 0) is 11.3 Å². The van der Waals surface area contributed by atoms with Crippen molar-refractivity contribution in [2.45, 2.75) is 38.0 Å². The quantitative estimate of drug-likeness (QED) is 0.906. The lowest BCUT2D eigenvalue weighted by Gasteiger charge is -2.38. The minimum Gasteiger partial charge on any atom is -0.342 e. The average molecular weight is 355 g/mol. The van der Waals surface area contributed by atoms with E-state index in [4.69, 9.17) is 5.73 Å². The fourth-order valence-electron chi connectivity index (χ4n) is 3.80. The van der Waals surface area contributed by atoms with Crippen LogP contribution in [0.3, 0.4) is 0 Å². The molecule has 1 aromatic rings. The van der Waals surface area contributed by atoms with Gasteiger partial charge in [-0.2, -0.15) is 13.2 Å². The molecule has 1 unspecified atom stereocenters. The first-order chi connectivity index (χ1) is 11.8. The lowest BCUT2D eigenvalue weighted by atomic mass is 9.83. The molecule has 0 bridgehead atoms. The predicted octanol–water partition coefficient (Wildman–Crippen LogP) is 2.39. The summed E-state index contributed by atoms with van der Waals surface area (Å²) in [6.45, 7) is 1.06. The lowest BCUT2D eigenvalue weighted by Crippen LogP contribution is -2.56. The Bertz CT molecular complexity index is 599. The highest BCUT2D eigenvalue weighted by atomic mass is 19.4. The van der Waals surface area contributed by atoms with Gasteiger partial charge < -0.3 is 10.6 Å². The molecule has 2 heterocycles. The minimum absolute atomic E-state index is 0.0240.